The van der Waals surface area contributed by atoms with E-state index in [0.29, 0.717) is 0 Å². The molecule has 49 heavy (non-hydrogen) atoms. The maximum absolute atomic E-state index is 3.48. The standard InChI is InChI=1S/C23H21N2.C22H19N.Pt/c1-23(2,3)18-13-15-20(16-14-18)25-17-24(19-9-5-4-6-10-19)21-11-7-8-12-22(21)25;1-22(2,3)16-12-14-17(15-13-16)23-20-10-6-4-8-18(20)19-9-5-7-11-21(19)23;/h4-9,11-16H,1-3H3;4-10,12-14H,1-3H3;/q-1;-2;+4. The molecule has 4 heteroatoms. The van der Waals surface area contributed by atoms with Gasteiger partial charge in [-0.3, -0.25) is 4.57 Å². The second-order valence-corrected chi connectivity index (χ2v) is 14.3. The smallest absolute Gasteiger partial charge is 0.358 e. The summed E-state index contributed by atoms with van der Waals surface area (Å²) in [5, 5.41) is 2.49. The van der Waals surface area contributed by atoms with Gasteiger partial charge in [0.1, 0.15) is 0 Å². The quantitative estimate of drug-likeness (QED) is 0.125. The fourth-order valence-corrected chi connectivity index (χ4v) is 6.18. The van der Waals surface area contributed by atoms with Crippen molar-refractivity contribution in [1.29, 1.82) is 0 Å². The average molecular weight is 818 g/mol. The van der Waals surface area contributed by atoms with Crippen molar-refractivity contribution in [1.82, 2.24) is 9.13 Å². The summed E-state index contributed by atoms with van der Waals surface area (Å²) in [5.41, 5.74) is 10.6. The monoisotopic (exact) mass is 817 g/mol. The first-order valence-electron chi connectivity index (χ1n) is 16.5. The Balaban J connectivity index is 0.000000167. The van der Waals surface area contributed by atoms with Crippen molar-refractivity contribution in [2.24, 2.45) is 0 Å². The molecular formula is C45H40N3Pt+. The van der Waals surface area contributed by atoms with E-state index in [1.165, 1.54) is 27.4 Å². The topological polar surface area (TPSA) is 13.7 Å². The van der Waals surface area contributed by atoms with Crippen LogP contribution in [0.5, 0.6) is 0 Å². The molecule has 0 aliphatic carbocycles. The van der Waals surface area contributed by atoms with Gasteiger partial charge < -0.3 is 9.13 Å². The minimum Gasteiger partial charge on any atom is -0.358 e. The van der Waals surface area contributed by atoms with Crippen molar-refractivity contribution in [3.63, 3.8) is 0 Å². The molecule has 0 saturated heterocycles. The molecule has 0 aliphatic rings. The van der Waals surface area contributed by atoms with Crippen molar-refractivity contribution in [2.45, 2.75) is 52.4 Å². The summed E-state index contributed by atoms with van der Waals surface area (Å²) in [6.45, 7) is 13.4. The van der Waals surface area contributed by atoms with Gasteiger partial charge in [-0.1, -0.05) is 113 Å². The van der Waals surface area contributed by atoms with Crippen LogP contribution in [-0.2, 0) is 31.9 Å². The van der Waals surface area contributed by atoms with Crippen LogP contribution >= 0.6 is 0 Å². The van der Waals surface area contributed by atoms with E-state index in [1.807, 2.05) is 30.3 Å². The number of imidazole rings is 1. The Morgan fingerprint density at radius 2 is 1.16 bits per heavy atom. The Hall–Kier alpha value is -4.72. The molecule has 0 unspecified atom stereocenters. The van der Waals surface area contributed by atoms with E-state index >= 15 is 0 Å². The zero-order valence-electron chi connectivity index (χ0n) is 28.9. The molecule has 8 aromatic rings. The van der Waals surface area contributed by atoms with Crippen LogP contribution in [-0.4, -0.2) is 9.13 Å². The summed E-state index contributed by atoms with van der Waals surface area (Å²) in [6.07, 6.45) is 3.48. The molecule has 0 spiro atoms. The molecule has 0 atom stereocenters. The van der Waals surface area contributed by atoms with Crippen molar-refractivity contribution in [2.75, 3.05) is 0 Å². The summed E-state index contributed by atoms with van der Waals surface area (Å²) in [7, 11) is 0. The summed E-state index contributed by atoms with van der Waals surface area (Å²) < 4.78 is 6.42. The molecule has 0 N–H and O–H groups in total. The Morgan fingerprint density at radius 1 is 0.531 bits per heavy atom. The molecule has 0 radical (unpaired) electrons. The summed E-state index contributed by atoms with van der Waals surface area (Å²) >= 11 is 0. The van der Waals surface area contributed by atoms with Gasteiger partial charge in [0.05, 0.1) is 16.7 Å². The third-order valence-electron chi connectivity index (χ3n) is 8.88. The van der Waals surface area contributed by atoms with Crippen LogP contribution in [0.2, 0.25) is 0 Å². The molecule has 0 saturated carbocycles. The molecule has 2 heterocycles. The van der Waals surface area contributed by atoms with Gasteiger partial charge in [0, 0.05) is 5.52 Å². The molecule has 2 aromatic heterocycles. The van der Waals surface area contributed by atoms with Crippen molar-refractivity contribution < 1.29 is 25.6 Å². The largest absolute Gasteiger partial charge is 4.00 e. The van der Waals surface area contributed by atoms with E-state index in [0.717, 1.165) is 33.6 Å². The fourth-order valence-electron chi connectivity index (χ4n) is 6.18. The minimum absolute atomic E-state index is 0. The van der Waals surface area contributed by atoms with Gasteiger partial charge in [-0.2, -0.15) is 78.4 Å². The van der Waals surface area contributed by atoms with Gasteiger partial charge >= 0.3 is 21.1 Å². The summed E-state index contributed by atoms with van der Waals surface area (Å²) in [5.74, 6) is 0. The molecule has 0 amide bonds. The van der Waals surface area contributed by atoms with Gasteiger partial charge in [0.15, 0.2) is 0 Å². The maximum Gasteiger partial charge on any atom is 4.00 e. The van der Waals surface area contributed by atoms with Crippen LogP contribution in [0, 0.1) is 24.5 Å². The molecule has 0 fully saturated rings. The van der Waals surface area contributed by atoms with E-state index in [-0.39, 0.29) is 31.9 Å². The van der Waals surface area contributed by atoms with Crippen LogP contribution in [0.25, 0.3) is 49.9 Å². The van der Waals surface area contributed by atoms with Crippen LogP contribution < -0.4 is 4.57 Å². The van der Waals surface area contributed by atoms with E-state index in [2.05, 4.69) is 183 Å². The zero-order valence-corrected chi connectivity index (χ0v) is 31.1. The van der Waals surface area contributed by atoms with Crippen molar-refractivity contribution >= 4 is 32.8 Å². The minimum atomic E-state index is 0. The number of hydrogen-bond acceptors (Lipinski definition) is 0. The number of benzene rings is 6. The van der Waals surface area contributed by atoms with Gasteiger partial charge in [-0.25, -0.2) is 0 Å². The summed E-state index contributed by atoms with van der Waals surface area (Å²) in [4.78, 5) is 0. The van der Waals surface area contributed by atoms with Crippen LogP contribution in [0.15, 0.2) is 133 Å². The number of fused-ring (bicyclic) bond motifs is 4. The zero-order chi connectivity index (χ0) is 33.5. The maximum atomic E-state index is 3.48. The third-order valence-corrected chi connectivity index (χ3v) is 8.88. The Bertz CT molecular complexity index is 2280. The number of hydrogen-bond donors (Lipinski definition) is 0. The molecule has 0 aliphatic heterocycles. The van der Waals surface area contributed by atoms with Crippen LogP contribution in [0.3, 0.4) is 0 Å². The molecule has 244 valence electrons. The fraction of sp³-hybridized carbons (Fsp3) is 0.178. The average Bonchev–Trinajstić information content (AvgIpc) is 3.65. The second kappa shape index (κ2) is 13.7. The van der Waals surface area contributed by atoms with E-state index in [9.17, 15) is 0 Å². The number of aromatic nitrogens is 3. The van der Waals surface area contributed by atoms with Gasteiger partial charge in [0.25, 0.3) is 6.33 Å². The normalized spacial score (nSPS) is 11.7. The van der Waals surface area contributed by atoms with Gasteiger partial charge in [-0.15, -0.1) is 11.5 Å². The predicted octanol–water partition coefficient (Wildman–Crippen LogP) is 10.5. The van der Waals surface area contributed by atoms with E-state index < -0.39 is 0 Å². The molecule has 3 nitrogen and oxygen atoms in total. The van der Waals surface area contributed by atoms with Gasteiger partial charge in [0.2, 0.25) is 0 Å². The second-order valence-electron chi connectivity index (χ2n) is 14.3. The Kier molecular flexibility index (Phi) is 9.51. The van der Waals surface area contributed by atoms with Crippen molar-refractivity contribution in [3.05, 3.63) is 169 Å². The SMILES string of the molecule is CC(C)(C)c1c[c-]c(-n2c3[c-]cccc3c3ccccc32)cc1.CC(C)(C)c1ccc(-[n+]2[c-]n(-c3[c-]cccc3)c3ccccc32)cc1.[Pt+4]. The first-order chi connectivity index (χ1) is 23.1. The number of para-hydroxylation sites is 5. The Labute approximate surface area is 304 Å². The van der Waals surface area contributed by atoms with Crippen LogP contribution in [0.1, 0.15) is 52.7 Å². The molecule has 8 rings (SSSR count). The number of nitrogens with zero attached hydrogens (tertiary/aromatic N) is 3. The molecular weight excluding hydrogens is 778 g/mol. The van der Waals surface area contributed by atoms with Crippen LogP contribution in [0.4, 0.5) is 0 Å². The molecule has 0 bridgehead atoms. The predicted molar refractivity (Wildman–Crippen MR) is 198 cm³/mol. The molecule has 6 aromatic carbocycles. The van der Waals surface area contributed by atoms with E-state index in [4.69, 9.17) is 0 Å². The Morgan fingerprint density at radius 3 is 1.84 bits per heavy atom. The summed E-state index contributed by atoms with van der Waals surface area (Å²) in [6, 6.07) is 56.4. The van der Waals surface area contributed by atoms with E-state index in [1.54, 1.807) is 0 Å². The number of rotatable bonds is 3. The van der Waals surface area contributed by atoms with Crippen molar-refractivity contribution in [3.8, 4) is 17.1 Å². The first-order valence-corrected chi connectivity index (χ1v) is 16.5. The first kappa shape index (κ1) is 34.2. The third kappa shape index (κ3) is 6.78. The van der Waals surface area contributed by atoms with Gasteiger partial charge in [-0.05, 0) is 40.3 Å².